The van der Waals surface area contributed by atoms with Gasteiger partial charge in [0.15, 0.2) is 0 Å². The molecule has 1 aromatic carbocycles. The van der Waals surface area contributed by atoms with Gasteiger partial charge in [-0.15, -0.1) is 0 Å². The lowest BCUT2D eigenvalue weighted by Crippen LogP contribution is -2.17. The Morgan fingerprint density at radius 3 is 2.20 bits per heavy atom. The maximum absolute atomic E-state index is 4.38. The molecular weight excluding hydrogens is 252 g/mol. The van der Waals surface area contributed by atoms with Crippen LogP contribution in [0, 0.1) is 0 Å². The van der Waals surface area contributed by atoms with Gasteiger partial charge in [-0.1, -0.05) is 30.3 Å². The normalized spacial score (nSPS) is 10.2. The minimum absolute atomic E-state index is 0.573. The first-order chi connectivity index (χ1) is 9.69. The molecule has 0 aliphatic carbocycles. The third kappa shape index (κ3) is 3.81. The van der Waals surface area contributed by atoms with E-state index >= 15 is 0 Å². The van der Waals surface area contributed by atoms with Crippen molar-refractivity contribution in [3.63, 3.8) is 0 Å². The summed E-state index contributed by atoms with van der Waals surface area (Å²) < 4.78 is 0. The number of nitrogens with one attached hydrogen (secondary N) is 2. The fourth-order valence-electron chi connectivity index (χ4n) is 1.66. The van der Waals surface area contributed by atoms with Crippen LogP contribution in [0.4, 0.5) is 17.8 Å². The summed E-state index contributed by atoms with van der Waals surface area (Å²) in [5.74, 6) is 1.79. The molecule has 0 amide bonds. The molecule has 0 fully saturated rings. The second-order valence-corrected chi connectivity index (χ2v) is 4.55. The summed E-state index contributed by atoms with van der Waals surface area (Å²) in [5, 5.41) is 6.34. The van der Waals surface area contributed by atoms with Crippen molar-refractivity contribution < 1.29 is 0 Å². The van der Waals surface area contributed by atoms with Crippen molar-refractivity contribution in [3.05, 3.63) is 35.9 Å². The molecular formula is C14H20N6. The van der Waals surface area contributed by atoms with Crippen LogP contribution in [0.3, 0.4) is 0 Å². The van der Waals surface area contributed by atoms with Crippen LogP contribution in [0.5, 0.6) is 0 Å². The summed E-state index contributed by atoms with van der Waals surface area (Å²) >= 11 is 0. The minimum Gasteiger partial charge on any atom is -0.354 e. The van der Waals surface area contributed by atoms with E-state index < -0.39 is 0 Å². The Morgan fingerprint density at radius 2 is 1.60 bits per heavy atom. The molecule has 2 aromatic rings. The predicted molar refractivity (Wildman–Crippen MR) is 82.1 cm³/mol. The number of nitrogens with zero attached hydrogens (tertiary/aromatic N) is 4. The summed E-state index contributed by atoms with van der Waals surface area (Å²) in [6, 6.07) is 10.2. The van der Waals surface area contributed by atoms with E-state index in [9.17, 15) is 0 Å². The predicted octanol–water partition coefficient (Wildman–Crippen LogP) is 1.98. The molecule has 2 rings (SSSR count). The lowest BCUT2D eigenvalue weighted by Gasteiger charge is -2.13. The van der Waals surface area contributed by atoms with Crippen LogP contribution >= 0.6 is 0 Å². The second kappa shape index (κ2) is 6.70. The van der Waals surface area contributed by atoms with Crippen molar-refractivity contribution >= 4 is 17.8 Å². The zero-order valence-electron chi connectivity index (χ0n) is 12.1. The van der Waals surface area contributed by atoms with Gasteiger partial charge in [0.25, 0.3) is 0 Å². The zero-order valence-corrected chi connectivity index (χ0v) is 12.1. The van der Waals surface area contributed by atoms with E-state index in [1.54, 1.807) is 0 Å². The highest BCUT2D eigenvalue weighted by Crippen LogP contribution is 2.12. The van der Waals surface area contributed by atoms with E-state index in [1.165, 1.54) is 5.56 Å². The molecule has 6 nitrogen and oxygen atoms in total. The van der Waals surface area contributed by atoms with E-state index in [-0.39, 0.29) is 0 Å². The smallest absolute Gasteiger partial charge is 0.231 e. The summed E-state index contributed by atoms with van der Waals surface area (Å²) in [5.41, 5.74) is 1.18. The number of rotatable bonds is 6. The van der Waals surface area contributed by atoms with Gasteiger partial charge in [-0.3, -0.25) is 0 Å². The fraction of sp³-hybridized carbons (Fsp3) is 0.357. The molecule has 6 heteroatoms. The van der Waals surface area contributed by atoms with Crippen LogP contribution in [0.2, 0.25) is 0 Å². The van der Waals surface area contributed by atoms with Crippen molar-refractivity contribution in [1.29, 1.82) is 0 Å². The lowest BCUT2D eigenvalue weighted by molar-refractivity contribution is 0.936. The minimum atomic E-state index is 0.573. The van der Waals surface area contributed by atoms with Crippen molar-refractivity contribution in [3.8, 4) is 0 Å². The van der Waals surface area contributed by atoms with Gasteiger partial charge in [-0.2, -0.15) is 15.0 Å². The third-order valence-corrected chi connectivity index (χ3v) is 2.65. The van der Waals surface area contributed by atoms with Gasteiger partial charge < -0.3 is 15.5 Å². The highest BCUT2D eigenvalue weighted by atomic mass is 15.3. The quantitative estimate of drug-likeness (QED) is 0.838. The Kier molecular flexibility index (Phi) is 4.70. The fourth-order valence-corrected chi connectivity index (χ4v) is 1.66. The Labute approximate surface area is 119 Å². The van der Waals surface area contributed by atoms with Gasteiger partial charge in [0.2, 0.25) is 17.8 Å². The van der Waals surface area contributed by atoms with E-state index in [2.05, 4.69) is 37.7 Å². The topological polar surface area (TPSA) is 66.0 Å². The number of anilines is 3. The Bertz CT molecular complexity index is 541. The zero-order chi connectivity index (χ0) is 14.4. The molecule has 0 saturated carbocycles. The van der Waals surface area contributed by atoms with Crippen LogP contribution in [0.15, 0.2) is 30.3 Å². The van der Waals surface area contributed by atoms with Gasteiger partial charge in [-0.05, 0) is 12.5 Å². The second-order valence-electron chi connectivity index (χ2n) is 4.55. The highest BCUT2D eigenvalue weighted by Gasteiger charge is 2.07. The monoisotopic (exact) mass is 272 g/mol. The number of aromatic nitrogens is 3. The van der Waals surface area contributed by atoms with E-state index in [1.807, 2.05) is 44.1 Å². The van der Waals surface area contributed by atoms with E-state index in [0.29, 0.717) is 24.4 Å². The summed E-state index contributed by atoms with van der Waals surface area (Å²) in [6.07, 6.45) is 0. The molecule has 0 aliphatic heterocycles. The standard InChI is InChI=1S/C14H20N6/c1-4-15-12-17-13(19-14(18-12)20(2)3)16-10-11-8-6-5-7-9-11/h5-9H,4,10H2,1-3H3,(H2,15,16,17,18,19). The SMILES string of the molecule is CCNc1nc(NCc2ccccc2)nc(N(C)C)n1. The van der Waals surface area contributed by atoms with Crippen LogP contribution in [0.1, 0.15) is 12.5 Å². The van der Waals surface area contributed by atoms with Crippen LogP contribution in [-0.4, -0.2) is 35.6 Å². The molecule has 0 bridgehead atoms. The first-order valence-electron chi connectivity index (χ1n) is 6.64. The van der Waals surface area contributed by atoms with Crippen molar-refractivity contribution in [1.82, 2.24) is 15.0 Å². The van der Waals surface area contributed by atoms with Crippen LogP contribution in [0.25, 0.3) is 0 Å². The Hall–Kier alpha value is -2.37. The first kappa shape index (κ1) is 14.0. The molecule has 0 spiro atoms. The Balaban J connectivity index is 2.13. The molecule has 1 heterocycles. The van der Waals surface area contributed by atoms with Crippen LogP contribution in [-0.2, 0) is 6.54 Å². The molecule has 0 saturated heterocycles. The summed E-state index contributed by atoms with van der Waals surface area (Å²) in [6.45, 7) is 3.47. The van der Waals surface area contributed by atoms with Crippen molar-refractivity contribution in [2.45, 2.75) is 13.5 Å². The van der Waals surface area contributed by atoms with Gasteiger partial charge in [0.1, 0.15) is 0 Å². The number of hydrogen-bond acceptors (Lipinski definition) is 6. The molecule has 20 heavy (non-hydrogen) atoms. The maximum atomic E-state index is 4.38. The number of hydrogen-bond donors (Lipinski definition) is 2. The average Bonchev–Trinajstić information content (AvgIpc) is 2.46. The maximum Gasteiger partial charge on any atom is 0.231 e. The van der Waals surface area contributed by atoms with E-state index in [0.717, 1.165) is 6.54 Å². The number of benzene rings is 1. The van der Waals surface area contributed by atoms with Crippen LogP contribution < -0.4 is 15.5 Å². The molecule has 0 unspecified atom stereocenters. The van der Waals surface area contributed by atoms with Crippen molar-refractivity contribution in [2.24, 2.45) is 0 Å². The average molecular weight is 272 g/mol. The molecule has 1 aromatic heterocycles. The lowest BCUT2D eigenvalue weighted by atomic mass is 10.2. The molecule has 0 radical (unpaired) electrons. The van der Waals surface area contributed by atoms with Gasteiger partial charge in [0, 0.05) is 27.2 Å². The van der Waals surface area contributed by atoms with Crippen molar-refractivity contribution in [2.75, 3.05) is 36.2 Å². The Morgan fingerprint density at radius 1 is 0.950 bits per heavy atom. The summed E-state index contributed by atoms with van der Waals surface area (Å²) in [4.78, 5) is 14.9. The first-order valence-corrected chi connectivity index (χ1v) is 6.64. The highest BCUT2D eigenvalue weighted by molar-refractivity contribution is 5.43. The third-order valence-electron chi connectivity index (χ3n) is 2.65. The molecule has 0 aliphatic rings. The van der Waals surface area contributed by atoms with Gasteiger partial charge >= 0.3 is 0 Å². The molecule has 106 valence electrons. The summed E-state index contributed by atoms with van der Waals surface area (Å²) in [7, 11) is 3.82. The van der Waals surface area contributed by atoms with E-state index in [4.69, 9.17) is 0 Å². The van der Waals surface area contributed by atoms with Gasteiger partial charge in [0.05, 0.1) is 0 Å². The molecule has 2 N–H and O–H groups in total. The van der Waals surface area contributed by atoms with Gasteiger partial charge in [-0.25, -0.2) is 0 Å². The largest absolute Gasteiger partial charge is 0.354 e. The molecule has 0 atom stereocenters.